The predicted octanol–water partition coefficient (Wildman–Crippen LogP) is 13.4. The molecule has 2 heterocycles. The van der Waals surface area contributed by atoms with Gasteiger partial charge in [0.1, 0.15) is 11.2 Å². The van der Waals surface area contributed by atoms with E-state index in [0.717, 1.165) is 49.4 Å². The minimum atomic E-state index is -0.504. The molecular formula is C54H33N3O. The molecule has 4 nitrogen and oxygen atoms in total. The maximum atomic E-state index is 6.86. The second kappa shape index (κ2) is 12.7. The minimum Gasteiger partial charge on any atom is -0.456 e. The quantitative estimate of drug-likeness (QED) is 0.176. The van der Waals surface area contributed by atoms with Gasteiger partial charge in [0, 0.05) is 27.5 Å². The topological polar surface area (TPSA) is 51.8 Å². The maximum Gasteiger partial charge on any atom is 0.164 e. The van der Waals surface area contributed by atoms with Crippen LogP contribution in [0.3, 0.4) is 0 Å². The van der Waals surface area contributed by atoms with Crippen molar-refractivity contribution in [3.63, 3.8) is 0 Å². The third-order valence-corrected chi connectivity index (χ3v) is 12.0. The van der Waals surface area contributed by atoms with Gasteiger partial charge in [-0.15, -0.1) is 0 Å². The second-order valence-corrected chi connectivity index (χ2v) is 15.2. The summed E-state index contributed by atoms with van der Waals surface area (Å²) >= 11 is 0. The van der Waals surface area contributed by atoms with Crippen molar-refractivity contribution in [2.75, 3.05) is 0 Å². The van der Waals surface area contributed by atoms with E-state index in [1.54, 1.807) is 0 Å². The molecule has 0 saturated carbocycles. The van der Waals surface area contributed by atoms with Crippen LogP contribution in [0.25, 0.3) is 88.8 Å². The van der Waals surface area contributed by atoms with Crippen LogP contribution in [-0.4, -0.2) is 15.0 Å². The largest absolute Gasteiger partial charge is 0.456 e. The molecule has 0 atom stereocenters. The first-order chi connectivity index (χ1) is 28.7. The normalized spacial score (nSPS) is 13.0. The molecule has 1 aliphatic rings. The highest BCUT2D eigenvalue weighted by Gasteiger charge is 2.46. The summed E-state index contributed by atoms with van der Waals surface area (Å²) in [6.45, 7) is 0. The zero-order valence-corrected chi connectivity index (χ0v) is 31.3. The summed E-state index contributed by atoms with van der Waals surface area (Å²) in [6, 6.07) is 71.0. The van der Waals surface area contributed by atoms with Crippen LogP contribution >= 0.6 is 0 Å². The molecule has 1 aliphatic carbocycles. The Morgan fingerprint density at radius 3 is 1.41 bits per heavy atom. The highest BCUT2D eigenvalue weighted by Crippen LogP contribution is 2.57. The number of hydrogen-bond acceptors (Lipinski definition) is 4. The number of aromatic nitrogens is 3. The smallest absolute Gasteiger partial charge is 0.164 e. The van der Waals surface area contributed by atoms with Gasteiger partial charge in [-0.3, -0.25) is 0 Å². The number of nitrogens with zero attached hydrogens (tertiary/aromatic N) is 3. The highest BCUT2D eigenvalue weighted by molar-refractivity contribution is 6.09. The van der Waals surface area contributed by atoms with Gasteiger partial charge in [-0.25, -0.2) is 15.0 Å². The standard InChI is InChI=1S/C54H33N3O/c1-3-17-41(18-4-1)54(42-19-5-2-6-20-42)47-22-12-11-21-43(47)45-32-46-44-28-27-40(31-49(44)58-50(46)33-48(45)54)53-56-51(38-25-23-34-13-7-9-15-36(34)29-38)55-52(57-53)39-26-24-35-14-8-10-16-37(35)30-39/h1-33H. The lowest BCUT2D eigenvalue weighted by Gasteiger charge is -2.33. The highest BCUT2D eigenvalue weighted by atomic mass is 16.3. The monoisotopic (exact) mass is 739 g/mol. The van der Waals surface area contributed by atoms with E-state index < -0.39 is 5.41 Å². The van der Waals surface area contributed by atoms with Crippen molar-refractivity contribution in [2.24, 2.45) is 0 Å². The molecule has 58 heavy (non-hydrogen) atoms. The molecule has 0 spiro atoms. The van der Waals surface area contributed by atoms with E-state index in [-0.39, 0.29) is 0 Å². The molecular weight excluding hydrogens is 707 g/mol. The Morgan fingerprint density at radius 2 is 0.810 bits per heavy atom. The molecule has 0 N–H and O–H groups in total. The molecule has 0 saturated heterocycles. The minimum absolute atomic E-state index is 0.504. The van der Waals surface area contributed by atoms with Gasteiger partial charge in [0.2, 0.25) is 0 Å². The summed E-state index contributed by atoms with van der Waals surface area (Å²) in [5.41, 5.74) is 11.3. The fourth-order valence-corrected chi connectivity index (χ4v) is 9.27. The number of hydrogen-bond donors (Lipinski definition) is 0. The third-order valence-electron chi connectivity index (χ3n) is 12.0. The predicted molar refractivity (Wildman–Crippen MR) is 236 cm³/mol. The van der Waals surface area contributed by atoms with E-state index in [0.29, 0.717) is 17.5 Å². The SMILES string of the molecule is c1ccc(C2(c3ccccc3)c3ccccc3-c3cc4c(cc32)oc2cc(-c3nc(-c5ccc6ccccc6c5)nc(-c5ccc6ccccc6c5)n3)ccc24)cc1. The molecule has 4 heteroatoms. The number of fused-ring (bicyclic) bond motifs is 8. The van der Waals surface area contributed by atoms with Gasteiger partial charge in [0.05, 0.1) is 5.41 Å². The molecule has 0 amide bonds. The van der Waals surface area contributed by atoms with E-state index >= 15 is 0 Å². The molecule has 2 aromatic heterocycles. The Bertz CT molecular complexity index is 3270. The molecule has 270 valence electrons. The van der Waals surface area contributed by atoms with Gasteiger partial charge in [-0.1, -0.05) is 164 Å². The molecule has 0 aliphatic heterocycles. The Morgan fingerprint density at radius 1 is 0.328 bits per heavy atom. The Hall–Kier alpha value is -7.69. The van der Waals surface area contributed by atoms with Crippen LogP contribution in [0.4, 0.5) is 0 Å². The Labute approximate surface area is 334 Å². The van der Waals surface area contributed by atoms with Crippen molar-refractivity contribution in [3.05, 3.63) is 222 Å². The van der Waals surface area contributed by atoms with Gasteiger partial charge in [-0.2, -0.15) is 0 Å². The first kappa shape index (κ1) is 32.5. The summed E-state index contributed by atoms with van der Waals surface area (Å²) in [4.78, 5) is 15.3. The van der Waals surface area contributed by atoms with Crippen molar-refractivity contribution in [1.82, 2.24) is 15.0 Å². The average molecular weight is 740 g/mol. The zero-order chi connectivity index (χ0) is 38.2. The van der Waals surface area contributed by atoms with Crippen molar-refractivity contribution in [2.45, 2.75) is 5.41 Å². The van der Waals surface area contributed by atoms with E-state index in [4.69, 9.17) is 19.4 Å². The third kappa shape index (κ3) is 4.92. The lowest BCUT2D eigenvalue weighted by molar-refractivity contribution is 0.666. The van der Waals surface area contributed by atoms with Crippen LogP contribution in [0.2, 0.25) is 0 Å². The second-order valence-electron chi connectivity index (χ2n) is 15.2. The molecule has 12 rings (SSSR count). The molecule has 0 unspecified atom stereocenters. The zero-order valence-electron chi connectivity index (χ0n) is 31.3. The van der Waals surface area contributed by atoms with Crippen molar-refractivity contribution >= 4 is 43.5 Å². The van der Waals surface area contributed by atoms with Crippen LogP contribution in [0.15, 0.2) is 205 Å². The Kier molecular flexibility index (Phi) is 7.11. The number of furan rings is 1. The first-order valence-electron chi connectivity index (χ1n) is 19.7. The van der Waals surface area contributed by atoms with Crippen molar-refractivity contribution < 1.29 is 4.42 Å². The van der Waals surface area contributed by atoms with Gasteiger partial charge in [-0.05, 0) is 91.3 Å². The van der Waals surface area contributed by atoms with E-state index in [1.807, 2.05) is 0 Å². The fourth-order valence-electron chi connectivity index (χ4n) is 9.27. The van der Waals surface area contributed by atoms with E-state index in [9.17, 15) is 0 Å². The van der Waals surface area contributed by atoms with Crippen LogP contribution in [0.5, 0.6) is 0 Å². The fraction of sp³-hybridized carbons (Fsp3) is 0.0185. The van der Waals surface area contributed by atoms with Crippen LogP contribution < -0.4 is 0 Å². The van der Waals surface area contributed by atoms with Gasteiger partial charge in [0.15, 0.2) is 17.5 Å². The molecule has 0 radical (unpaired) electrons. The summed E-state index contributed by atoms with van der Waals surface area (Å²) in [6.07, 6.45) is 0. The summed E-state index contributed by atoms with van der Waals surface area (Å²) in [5, 5.41) is 6.74. The van der Waals surface area contributed by atoms with Crippen molar-refractivity contribution in [3.8, 4) is 45.3 Å². The van der Waals surface area contributed by atoms with Gasteiger partial charge >= 0.3 is 0 Å². The summed E-state index contributed by atoms with van der Waals surface area (Å²) in [5.74, 6) is 1.83. The number of benzene rings is 9. The number of rotatable bonds is 5. The Balaban J connectivity index is 1.05. The molecule has 0 bridgehead atoms. The van der Waals surface area contributed by atoms with Crippen molar-refractivity contribution in [1.29, 1.82) is 0 Å². The maximum absolute atomic E-state index is 6.86. The van der Waals surface area contributed by atoms with E-state index in [2.05, 4.69) is 200 Å². The molecule has 11 aromatic rings. The van der Waals surface area contributed by atoms with Gasteiger partial charge < -0.3 is 4.42 Å². The average Bonchev–Trinajstić information content (AvgIpc) is 3.80. The van der Waals surface area contributed by atoms with Crippen LogP contribution in [0, 0.1) is 0 Å². The summed E-state index contributed by atoms with van der Waals surface area (Å²) < 4.78 is 6.86. The molecule has 0 fully saturated rings. The van der Waals surface area contributed by atoms with Gasteiger partial charge in [0.25, 0.3) is 0 Å². The first-order valence-corrected chi connectivity index (χ1v) is 19.7. The van der Waals surface area contributed by atoms with E-state index in [1.165, 1.54) is 44.2 Å². The lowest BCUT2D eigenvalue weighted by atomic mass is 9.67. The summed E-state index contributed by atoms with van der Waals surface area (Å²) in [7, 11) is 0. The van der Waals surface area contributed by atoms with Crippen LogP contribution in [0.1, 0.15) is 22.3 Å². The lowest BCUT2D eigenvalue weighted by Crippen LogP contribution is -2.28. The van der Waals surface area contributed by atoms with Crippen LogP contribution in [-0.2, 0) is 5.41 Å². The molecule has 9 aromatic carbocycles.